The van der Waals surface area contributed by atoms with Gasteiger partial charge in [0.15, 0.2) is 0 Å². The zero-order valence-electron chi connectivity index (χ0n) is 19.6. The summed E-state index contributed by atoms with van der Waals surface area (Å²) in [4.78, 5) is 19.1. The van der Waals surface area contributed by atoms with Gasteiger partial charge in [-0.1, -0.05) is 76.9 Å². The Labute approximate surface area is 180 Å². The average molecular weight is 435 g/mol. The first-order chi connectivity index (χ1) is 13.5. The van der Waals surface area contributed by atoms with Crippen LogP contribution in [0.4, 0.5) is 0 Å². The van der Waals surface area contributed by atoms with Gasteiger partial charge >= 0.3 is 7.60 Å². The van der Waals surface area contributed by atoms with Gasteiger partial charge in [-0.25, -0.2) is 0 Å². The van der Waals surface area contributed by atoms with E-state index >= 15 is 0 Å². The number of hydrogen-bond acceptors (Lipinski definition) is 2. The van der Waals surface area contributed by atoms with Crippen molar-refractivity contribution in [3.05, 3.63) is 12.2 Å². The van der Waals surface area contributed by atoms with E-state index in [1.54, 1.807) is 0 Å². The topological polar surface area (TPSA) is 77.8 Å². The lowest BCUT2D eigenvalue weighted by molar-refractivity contribution is -0.875. The minimum absolute atomic E-state index is 0.0591. The van der Waals surface area contributed by atoms with Crippen LogP contribution in [0.5, 0.6) is 0 Å². The Balaban J connectivity index is 3.70. The first-order valence-electron chi connectivity index (χ1n) is 11.8. The molecular formula is C23H49NO4P+. The molecule has 0 saturated heterocycles. The van der Waals surface area contributed by atoms with E-state index in [4.69, 9.17) is 0 Å². The average Bonchev–Trinajstić information content (AvgIpc) is 2.59. The summed E-state index contributed by atoms with van der Waals surface area (Å²) in [7, 11) is 0.970. The Morgan fingerprint density at radius 2 is 1.17 bits per heavy atom. The maximum absolute atomic E-state index is 11.8. The molecule has 1 unspecified atom stereocenters. The van der Waals surface area contributed by atoms with Crippen LogP contribution in [-0.2, 0) is 4.57 Å². The van der Waals surface area contributed by atoms with Gasteiger partial charge in [0.1, 0.15) is 6.54 Å². The Morgan fingerprint density at radius 3 is 1.59 bits per heavy atom. The van der Waals surface area contributed by atoms with Crippen LogP contribution < -0.4 is 0 Å². The van der Waals surface area contributed by atoms with Gasteiger partial charge in [0, 0.05) is 0 Å². The molecule has 29 heavy (non-hydrogen) atoms. The van der Waals surface area contributed by atoms with Gasteiger partial charge in [-0.2, -0.15) is 0 Å². The highest BCUT2D eigenvalue weighted by Crippen LogP contribution is 2.52. The van der Waals surface area contributed by atoms with Crippen molar-refractivity contribution < 1.29 is 23.9 Å². The van der Waals surface area contributed by atoms with Gasteiger partial charge in [-0.05, 0) is 38.5 Å². The maximum Gasteiger partial charge on any atom is 0.362 e. The quantitative estimate of drug-likeness (QED) is 0.101. The molecule has 0 radical (unpaired) electrons. The van der Waals surface area contributed by atoms with Crippen LogP contribution >= 0.6 is 7.60 Å². The minimum atomic E-state index is -4.54. The number of allylic oxidation sites excluding steroid dienone is 2. The second-order valence-electron chi connectivity index (χ2n) is 9.66. The second kappa shape index (κ2) is 15.6. The predicted molar refractivity (Wildman–Crippen MR) is 124 cm³/mol. The summed E-state index contributed by atoms with van der Waals surface area (Å²) in [5.41, 5.74) is 0. The molecule has 3 N–H and O–H groups in total. The molecule has 0 aliphatic heterocycles. The SMILES string of the molecule is CCCCCCC/C=C\CCCCCCCCCC(O)(C[N+](C)(C)C)P(=O)(O)O. The van der Waals surface area contributed by atoms with Crippen molar-refractivity contribution in [1.29, 1.82) is 0 Å². The summed E-state index contributed by atoms with van der Waals surface area (Å²) in [6.45, 7) is 2.31. The number of hydrogen-bond donors (Lipinski definition) is 3. The van der Waals surface area contributed by atoms with E-state index in [0.717, 1.165) is 19.3 Å². The van der Waals surface area contributed by atoms with Gasteiger partial charge in [-0.3, -0.25) is 4.57 Å². The number of aliphatic hydroxyl groups is 1. The molecule has 0 heterocycles. The molecule has 174 valence electrons. The van der Waals surface area contributed by atoms with Gasteiger partial charge in [0.2, 0.25) is 5.34 Å². The van der Waals surface area contributed by atoms with E-state index in [9.17, 15) is 19.5 Å². The molecule has 0 aromatic rings. The van der Waals surface area contributed by atoms with Crippen molar-refractivity contribution in [2.24, 2.45) is 0 Å². The molecule has 0 aromatic heterocycles. The van der Waals surface area contributed by atoms with Crippen molar-refractivity contribution in [3.8, 4) is 0 Å². The summed E-state index contributed by atoms with van der Waals surface area (Å²) in [5.74, 6) is 0. The van der Waals surface area contributed by atoms with Crippen molar-refractivity contribution >= 4 is 7.60 Å². The van der Waals surface area contributed by atoms with Crippen LogP contribution in [0.2, 0.25) is 0 Å². The maximum atomic E-state index is 11.8. The third kappa shape index (κ3) is 16.2. The van der Waals surface area contributed by atoms with Crippen LogP contribution in [-0.4, -0.2) is 52.4 Å². The summed E-state index contributed by atoms with van der Waals surface area (Å²) in [6, 6.07) is 0. The smallest absolute Gasteiger partial charge is 0.362 e. The fraction of sp³-hybridized carbons (Fsp3) is 0.913. The molecule has 0 spiro atoms. The molecule has 0 saturated carbocycles. The standard InChI is InChI=1S/C23H48NO4P/c1-5-6-7-8-9-10-11-12-13-14-15-16-17-18-19-20-21-23(25,29(26,27)28)22-24(2,3)4/h11-12,25H,5-10,13-22H2,1-4H3,(H-,26,27,28)/p+1/b12-11-. The molecule has 0 rings (SSSR count). The lowest BCUT2D eigenvalue weighted by atomic mass is 10.0. The molecule has 6 heteroatoms. The third-order valence-electron chi connectivity index (χ3n) is 5.36. The lowest BCUT2D eigenvalue weighted by Crippen LogP contribution is -2.49. The molecule has 0 amide bonds. The van der Waals surface area contributed by atoms with Crippen molar-refractivity contribution in [3.63, 3.8) is 0 Å². The summed E-state index contributed by atoms with van der Waals surface area (Å²) >= 11 is 0. The summed E-state index contributed by atoms with van der Waals surface area (Å²) in [6.07, 6.45) is 21.5. The molecule has 0 aliphatic rings. The van der Waals surface area contributed by atoms with E-state index in [1.807, 2.05) is 21.1 Å². The van der Waals surface area contributed by atoms with Crippen molar-refractivity contribution in [2.75, 3.05) is 27.7 Å². The highest BCUT2D eigenvalue weighted by Gasteiger charge is 2.48. The first kappa shape index (κ1) is 28.8. The van der Waals surface area contributed by atoms with Gasteiger partial charge in [0.05, 0.1) is 21.1 Å². The number of unbranched alkanes of at least 4 members (excludes halogenated alkanes) is 12. The number of quaternary nitrogens is 1. The van der Waals surface area contributed by atoms with E-state index in [1.165, 1.54) is 64.2 Å². The fourth-order valence-electron chi connectivity index (χ4n) is 3.73. The van der Waals surface area contributed by atoms with Crippen LogP contribution in [0.15, 0.2) is 12.2 Å². The minimum Gasteiger partial charge on any atom is -0.373 e. The zero-order valence-corrected chi connectivity index (χ0v) is 20.5. The highest BCUT2D eigenvalue weighted by atomic mass is 31.2. The molecule has 5 nitrogen and oxygen atoms in total. The lowest BCUT2D eigenvalue weighted by Gasteiger charge is -2.35. The van der Waals surface area contributed by atoms with E-state index < -0.39 is 12.9 Å². The highest BCUT2D eigenvalue weighted by molar-refractivity contribution is 7.53. The number of likely N-dealkylation sites (N-methyl/N-ethyl adjacent to an activating group) is 1. The monoisotopic (exact) mass is 434 g/mol. The van der Waals surface area contributed by atoms with Crippen LogP contribution in [0, 0.1) is 0 Å². The molecule has 0 aliphatic carbocycles. The van der Waals surface area contributed by atoms with E-state index in [2.05, 4.69) is 19.1 Å². The first-order valence-corrected chi connectivity index (χ1v) is 13.4. The number of rotatable bonds is 19. The molecule has 0 aromatic carbocycles. The van der Waals surface area contributed by atoms with Gasteiger partial charge < -0.3 is 19.4 Å². The van der Waals surface area contributed by atoms with E-state index in [0.29, 0.717) is 10.9 Å². The van der Waals surface area contributed by atoms with Crippen molar-refractivity contribution in [1.82, 2.24) is 0 Å². The number of nitrogens with zero attached hydrogens (tertiary/aromatic N) is 1. The van der Waals surface area contributed by atoms with E-state index in [-0.39, 0.29) is 13.0 Å². The normalized spacial score (nSPS) is 15.1. The largest absolute Gasteiger partial charge is 0.373 e. The molecule has 0 bridgehead atoms. The molecule has 1 atom stereocenters. The Kier molecular flexibility index (Phi) is 15.5. The predicted octanol–water partition coefficient (Wildman–Crippen LogP) is 5.99. The molecule has 0 fully saturated rings. The Morgan fingerprint density at radius 1 is 0.759 bits per heavy atom. The van der Waals surface area contributed by atoms with Gasteiger partial charge in [-0.15, -0.1) is 0 Å². The Hall–Kier alpha value is -0.190. The van der Waals surface area contributed by atoms with Crippen LogP contribution in [0.25, 0.3) is 0 Å². The van der Waals surface area contributed by atoms with Crippen LogP contribution in [0.3, 0.4) is 0 Å². The fourth-order valence-corrected chi connectivity index (χ4v) is 4.79. The zero-order chi connectivity index (χ0) is 22.2. The Bertz CT molecular complexity index is 470. The summed E-state index contributed by atoms with van der Waals surface area (Å²) < 4.78 is 12.1. The third-order valence-corrected chi connectivity index (χ3v) is 6.81. The van der Waals surface area contributed by atoms with Crippen molar-refractivity contribution in [2.45, 2.75) is 109 Å². The second-order valence-corrected chi connectivity index (χ2v) is 11.6. The van der Waals surface area contributed by atoms with Crippen LogP contribution in [0.1, 0.15) is 103 Å². The molecular weight excluding hydrogens is 385 g/mol. The van der Waals surface area contributed by atoms with Gasteiger partial charge in [0.25, 0.3) is 0 Å². The summed E-state index contributed by atoms with van der Waals surface area (Å²) in [5, 5.41) is 8.60.